The largest absolute Gasteiger partial charge is 0.508 e. The van der Waals surface area contributed by atoms with Crippen molar-refractivity contribution >= 4 is 24.5 Å². The van der Waals surface area contributed by atoms with E-state index in [0.717, 1.165) is 0 Å². The van der Waals surface area contributed by atoms with Crippen LogP contribution in [0.1, 0.15) is 0 Å². The molecule has 0 amide bonds. The SMILES string of the molecule is CN(CC(=O)O)CC(=O)O.OB(O)c1cccc(O)c1. The molecule has 0 bridgehead atoms. The van der Waals surface area contributed by atoms with Gasteiger partial charge in [0.2, 0.25) is 0 Å². The second kappa shape index (κ2) is 8.91. The van der Waals surface area contributed by atoms with Crippen molar-refractivity contribution in [3.63, 3.8) is 0 Å². The number of hydrogen-bond acceptors (Lipinski definition) is 6. The molecule has 8 nitrogen and oxygen atoms in total. The third-order valence-corrected chi connectivity index (χ3v) is 1.98. The molecule has 0 aliphatic rings. The summed E-state index contributed by atoms with van der Waals surface area (Å²) in [6.07, 6.45) is 0. The summed E-state index contributed by atoms with van der Waals surface area (Å²) in [5.74, 6) is -2.02. The number of carbonyl (C=O) groups is 2. The quantitative estimate of drug-likeness (QED) is 0.398. The molecule has 9 heteroatoms. The van der Waals surface area contributed by atoms with Crippen LogP contribution in [0.3, 0.4) is 0 Å². The number of carboxylic acid groups (broad SMARTS) is 2. The Kier molecular flexibility index (Phi) is 7.98. The molecule has 5 N–H and O–H groups in total. The Morgan fingerprint density at radius 2 is 1.65 bits per heavy atom. The lowest BCUT2D eigenvalue weighted by Gasteiger charge is -2.08. The molecular weight excluding hydrogens is 269 g/mol. The van der Waals surface area contributed by atoms with Crippen molar-refractivity contribution in [2.75, 3.05) is 20.1 Å². The van der Waals surface area contributed by atoms with Crippen LogP contribution in [0.5, 0.6) is 5.75 Å². The van der Waals surface area contributed by atoms with Gasteiger partial charge in [0.1, 0.15) is 5.75 Å². The molecule has 0 saturated carbocycles. The maximum atomic E-state index is 9.96. The first-order valence-electron chi connectivity index (χ1n) is 5.49. The molecule has 0 atom stereocenters. The number of aromatic hydroxyl groups is 1. The van der Waals surface area contributed by atoms with E-state index < -0.39 is 19.1 Å². The number of benzene rings is 1. The Balaban J connectivity index is 0.000000361. The number of rotatable bonds is 5. The molecule has 0 aliphatic heterocycles. The highest BCUT2D eigenvalue weighted by molar-refractivity contribution is 6.58. The van der Waals surface area contributed by atoms with E-state index in [1.54, 1.807) is 6.07 Å². The van der Waals surface area contributed by atoms with Crippen LogP contribution in [0.15, 0.2) is 24.3 Å². The zero-order valence-corrected chi connectivity index (χ0v) is 10.8. The lowest BCUT2D eigenvalue weighted by Crippen LogP contribution is -2.30. The van der Waals surface area contributed by atoms with Crippen molar-refractivity contribution in [1.82, 2.24) is 4.90 Å². The first-order valence-corrected chi connectivity index (χ1v) is 5.49. The fraction of sp³-hybridized carbons (Fsp3) is 0.273. The highest BCUT2D eigenvalue weighted by atomic mass is 16.4. The Labute approximate surface area is 115 Å². The summed E-state index contributed by atoms with van der Waals surface area (Å²) in [5.41, 5.74) is 0.292. The molecule has 0 aliphatic carbocycles. The summed E-state index contributed by atoms with van der Waals surface area (Å²) in [6.45, 7) is -0.488. The van der Waals surface area contributed by atoms with E-state index in [2.05, 4.69) is 0 Å². The average Bonchev–Trinajstić information content (AvgIpc) is 2.27. The summed E-state index contributed by atoms with van der Waals surface area (Å²) in [7, 11) is -0.0745. The minimum absolute atomic E-state index is 0.0330. The van der Waals surface area contributed by atoms with Crippen LogP contribution >= 0.6 is 0 Å². The molecule has 0 radical (unpaired) electrons. The second-order valence-electron chi connectivity index (χ2n) is 3.93. The predicted molar refractivity (Wildman–Crippen MR) is 70.7 cm³/mol. The number of aliphatic carboxylic acids is 2. The molecule has 20 heavy (non-hydrogen) atoms. The van der Waals surface area contributed by atoms with Gasteiger partial charge < -0.3 is 25.4 Å². The van der Waals surface area contributed by atoms with Crippen LogP contribution in [0.4, 0.5) is 0 Å². The van der Waals surface area contributed by atoms with E-state index in [1.165, 1.54) is 30.1 Å². The van der Waals surface area contributed by atoms with E-state index in [4.69, 9.17) is 25.4 Å². The zero-order chi connectivity index (χ0) is 15.7. The summed E-state index contributed by atoms with van der Waals surface area (Å²) < 4.78 is 0. The summed E-state index contributed by atoms with van der Waals surface area (Å²) >= 11 is 0. The van der Waals surface area contributed by atoms with Gasteiger partial charge in [0, 0.05) is 0 Å². The van der Waals surface area contributed by atoms with Gasteiger partial charge >= 0.3 is 19.1 Å². The van der Waals surface area contributed by atoms with Crippen molar-refractivity contribution < 1.29 is 35.0 Å². The third kappa shape index (κ3) is 8.92. The van der Waals surface area contributed by atoms with Crippen LogP contribution in [-0.4, -0.2) is 69.5 Å². The lowest BCUT2D eigenvalue weighted by molar-refractivity contribution is -0.141. The topological polar surface area (TPSA) is 139 Å². The second-order valence-corrected chi connectivity index (χ2v) is 3.93. The van der Waals surface area contributed by atoms with E-state index >= 15 is 0 Å². The average molecular weight is 285 g/mol. The van der Waals surface area contributed by atoms with Gasteiger partial charge in [-0.25, -0.2) is 0 Å². The summed E-state index contributed by atoms with van der Waals surface area (Å²) in [4.78, 5) is 21.1. The summed E-state index contributed by atoms with van der Waals surface area (Å²) in [6, 6.07) is 5.82. The van der Waals surface area contributed by atoms with Crippen LogP contribution < -0.4 is 5.46 Å². The third-order valence-electron chi connectivity index (χ3n) is 1.98. The highest BCUT2D eigenvalue weighted by Gasteiger charge is 2.09. The van der Waals surface area contributed by atoms with Gasteiger partial charge in [-0.1, -0.05) is 12.1 Å². The van der Waals surface area contributed by atoms with Crippen LogP contribution in [0.2, 0.25) is 0 Å². The molecule has 1 aromatic rings. The number of phenolic OH excluding ortho intramolecular Hbond substituents is 1. The number of nitrogens with zero attached hydrogens (tertiary/aromatic N) is 1. The summed E-state index contributed by atoms with van der Waals surface area (Å²) in [5, 5.41) is 42.3. The normalized spacial score (nSPS) is 9.60. The molecule has 0 heterocycles. The maximum absolute atomic E-state index is 9.96. The first kappa shape index (κ1) is 17.9. The van der Waals surface area contributed by atoms with Crippen molar-refractivity contribution in [3.8, 4) is 5.75 Å². The van der Waals surface area contributed by atoms with E-state index in [1.807, 2.05) is 0 Å². The van der Waals surface area contributed by atoms with Gasteiger partial charge in [0.05, 0.1) is 13.1 Å². The van der Waals surface area contributed by atoms with Crippen molar-refractivity contribution in [3.05, 3.63) is 24.3 Å². The van der Waals surface area contributed by atoms with Crippen LogP contribution in [0.25, 0.3) is 0 Å². The molecule has 0 spiro atoms. The maximum Gasteiger partial charge on any atom is 0.488 e. The van der Waals surface area contributed by atoms with Crippen molar-refractivity contribution in [1.29, 1.82) is 0 Å². The Bertz CT molecular complexity index is 436. The number of likely N-dealkylation sites (N-methyl/N-ethyl adjacent to an activating group) is 1. The molecule has 1 rings (SSSR count). The van der Waals surface area contributed by atoms with Gasteiger partial charge in [-0.05, 0) is 24.6 Å². The number of phenols is 1. The van der Waals surface area contributed by atoms with Crippen LogP contribution in [-0.2, 0) is 9.59 Å². The standard InChI is InChI=1S/C6H7BO3.C5H9NO4/c8-6-3-1-2-5(4-6)7(9)10;1-6(2-4(7)8)3-5(9)10/h1-4,8-10H;2-3H2,1H3,(H,7,8)(H,9,10). The highest BCUT2D eigenvalue weighted by Crippen LogP contribution is 2.02. The Hall–Kier alpha value is -2.10. The fourth-order valence-corrected chi connectivity index (χ4v) is 1.20. The monoisotopic (exact) mass is 285 g/mol. The Morgan fingerprint density at radius 1 is 1.15 bits per heavy atom. The first-order chi connectivity index (χ1) is 9.22. The predicted octanol–water partition coefficient (Wildman–Crippen LogP) is -1.84. The number of carboxylic acids is 2. The Morgan fingerprint density at radius 3 is 1.95 bits per heavy atom. The van der Waals surface area contributed by atoms with Gasteiger partial charge in [0.25, 0.3) is 0 Å². The van der Waals surface area contributed by atoms with Gasteiger partial charge in [-0.15, -0.1) is 0 Å². The van der Waals surface area contributed by atoms with Gasteiger partial charge in [-0.2, -0.15) is 0 Å². The van der Waals surface area contributed by atoms with E-state index in [0.29, 0.717) is 5.46 Å². The molecule has 0 fully saturated rings. The van der Waals surface area contributed by atoms with Crippen LogP contribution in [0, 0.1) is 0 Å². The van der Waals surface area contributed by atoms with Gasteiger partial charge in [-0.3, -0.25) is 14.5 Å². The van der Waals surface area contributed by atoms with E-state index in [9.17, 15) is 9.59 Å². The molecule has 0 aromatic heterocycles. The molecule has 0 saturated heterocycles. The van der Waals surface area contributed by atoms with Gasteiger partial charge in [0.15, 0.2) is 0 Å². The molecule has 0 unspecified atom stereocenters. The molecular formula is C11H16BNO7. The van der Waals surface area contributed by atoms with Crippen molar-refractivity contribution in [2.45, 2.75) is 0 Å². The lowest BCUT2D eigenvalue weighted by atomic mass is 9.80. The fourth-order valence-electron chi connectivity index (χ4n) is 1.20. The molecule has 1 aromatic carbocycles. The van der Waals surface area contributed by atoms with Crippen molar-refractivity contribution in [2.24, 2.45) is 0 Å². The minimum Gasteiger partial charge on any atom is -0.508 e. The number of hydrogen-bond donors (Lipinski definition) is 5. The minimum atomic E-state index is -1.51. The smallest absolute Gasteiger partial charge is 0.488 e. The molecule has 110 valence electrons. The van der Waals surface area contributed by atoms with E-state index in [-0.39, 0.29) is 18.8 Å². The zero-order valence-electron chi connectivity index (χ0n) is 10.8.